The molecule has 0 unspecified atom stereocenters. The number of benzene rings is 1. The van der Waals surface area contributed by atoms with Crippen LogP contribution in [0.15, 0.2) is 33.9 Å². The Morgan fingerprint density at radius 1 is 1.35 bits per heavy atom. The molecule has 0 radical (unpaired) electrons. The van der Waals surface area contributed by atoms with Gasteiger partial charge in [0.05, 0.1) is 11.3 Å². The van der Waals surface area contributed by atoms with Gasteiger partial charge in [-0.05, 0) is 55.9 Å². The van der Waals surface area contributed by atoms with Gasteiger partial charge in [-0.1, -0.05) is 33.2 Å². The van der Waals surface area contributed by atoms with Gasteiger partial charge in [-0.3, -0.25) is 4.79 Å². The number of carbonyl (C=O) groups excluding carboxylic acids is 1. The average molecular weight is 432 g/mol. The van der Waals surface area contributed by atoms with Crippen LogP contribution in [0.1, 0.15) is 41.3 Å². The zero-order valence-electron chi connectivity index (χ0n) is 14.3. The highest BCUT2D eigenvalue weighted by Gasteiger charge is 2.21. The Morgan fingerprint density at radius 2 is 2.08 bits per heavy atom. The van der Waals surface area contributed by atoms with Crippen LogP contribution in [0, 0.1) is 11.3 Å². The molecule has 1 aromatic heterocycles. The topological polar surface area (TPSA) is 74.5 Å². The number of rotatable bonds is 5. The van der Waals surface area contributed by atoms with E-state index < -0.39 is 0 Å². The van der Waals surface area contributed by atoms with Crippen LogP contribution in [0.4, 0.5) is 5.00 Å². The number of nitrogens with zero attached hydrogens (tertiary/aromatic N) is 2. The molecule has 7 heteroatoms. The van der Waals surface area contributed by atoms with Crippen molar-refractivity contribution in [1.82, 2.24) is 0 Å². The summed E-state index contributed by atoms with van der Waals surface area (Å²) < 4.78 is 0.987. The third-order valence-corrected chi connectivity index (χ3v) is 5.93. The number of halogens is 1. The molecule has 5 nitrogen and oxygen atoms in total. The fourth-order valence-electron chi connectivity index (χ4n) is 2.87. The predicted molar refractivity (Wildman–Crippen MR) is 107 cm³/mol. The van der Waals surface area contributed by atoms with E-state index in [1.54, 1.807) is 0 Å². The minimum absolute atomic E-state index is 0.193. The molecule has 26 heavy (non-hydrogen) atoms. The smallest absolute Gasteiger partial charge is 0.265 e. The molecule has 0 bridgehead atoms. The van der Waals surface area contributed by atoms with Gasteiger partial charge in [0.1, 0.15) is 11.1 Å². The first-order valence-corrected chi connectivity index (χ1v) is 9.96. The van der Waals surface area contributed by atoms with Gasteiger partial charge in [-0.25, -0.2) is 0 Å². The number of aryl methyl sites for hydroxylation is 1. The number of anilines is 1. The first-order chi connectivity index (χ1) is 12.6. The van der Waals surface area contributed by atoms with Crippen molar-refractivity contribution in [3.05, 3.63) is 50.3 Å². The summed E-state index contributed by atoms with van der Waals surface area (Å²) in [6.45, 7) is 1.63. The number of fused-ring (bicyclic) bond motifs is 1. The van der Waals surface area contributed by atoms with Gasteiger partial charge in [-0.2, -0.15) is 5.26 Å². The van der Waals surface area contributed by atoms with Gasteiger partial charge in [0, 0.05) is 9.35 Å². The molecule has 0 spiro atoms. The van der Waals surface area contributed by atoms with Crippen molar-refractivity contribution in [2.24, 2.45) is 5.16 Å². The molecule has 0 aliphatic heterocycles. The number of amides is 1. The van der Waals surface area contributed by atoms with Crippen LogP contribution in [0.3, 0.4) is 0 Å². The summed E-state index contributed by atoms with van der Waals surface area (Å²) in [5, 5.41) is 16.8. The van der Waals surface area contributed by atoms with Gasteiger partial charge < -0.3 is 10.2 Å². The molecule has 1 aliphatic carbocycles. The standard InChI is InChI=1S/C19H18BrN3O2S/c1-12(13-6-8-14(20)9-7-13)23-25-11-18(24)22-19-16(10-21)15-4-2-3-5-17(15)26-19/h6-9H,2-5,11H2,1H3,(H,22,24)/b23-12+. The Labute approximate surface area is 164 Å². The maximum absolute atomic E-state index is 12.1. The maximum Gasteiger partial charge on any atom is 0.265 e. The molecule has 0 atom stereocenters. The normalized spacial score (nSPS) is 13.7. The minimum Gasteiger partial charge on any atom is -0.385 e. The molecule has 1 N–H and O–H groups in total. The lowest BCUT2D eigenvalue weighted by Crippen LogP contribution is -2.17. The van der Waals surface area contributed by atoms with E-state index in [0.717, 1.165) is 41.3 Å². The maximum atomic E-state index is 12.1. The Balaban J connectivity index is 1.59. The van der Waals surface area contributed by atoms with Crippen LogP contribution >= 0.6 is 27.3 Å². The summed E-state index contributed by atoms with van der Waals surface area (Å²) in [6, 6.07) is 9.91. The molecule has 134 valence electrons. The second-order valence-corrected chi connectivity index (χ2v) is 8.05. The Bertz CT molecular complexity index is 881. The van der Waals surface area contributed by atoms with Crippen molar-refractivity contribution >= 4 is 43.9 Å². The van der Waals surface area contributed by atoms with Gasteiger partial charge in [0.2, 0.25) is 0 Å². The van der Waals surface area contributed by atoms with Crippen molar-refractivity contribution in [1.29, 1.82) is 5.26 Å². The molecule has 2 aromatic rings. The Kier molecular flexibility index (Phi) is 6.07. The number of hydrogen-bond acceptors (Lipinski definition) is 5. The van der Waals surface area contributed by atoms with Crippen molar-refractivity contribution in [2.45, 2.75) is 32.6 Å². The summed E-state index contributed by atoms with van der Waals surface area (Å²) in [5.41, 5.74) is 3.32. The number of carbonyl (C=O) groups is 1. The van der Waals surface area contributed by atoms with Crippen LogP contribution in [0.25, 0.3) is 0 Å². The first-order valence-electron chi connectivity index (χ1n) is 8.35. The molecule has 0 saturated heterocycles. The molecule has 1 aliphatic rings. The van der Waals surface area contributed by atoms with E-state index in [0.29, 0.717) is 16.3 Å². The fraction of sp³-hybridized carbons (Fsp3) is 0.316. The third kappa shape index (κ3) is 4.32. The molecule has 0 fully saturated rings. The number of hydrogen-bond donors (Lipinski definition) is 1. The van der Waals surface area contributed by atoms with E-state index in [-0.39, 0.29) is 12.5 Å². The molecular weight excluding hydrogens is 414 g/mol. The van der Waals surface area contributed by atoms with Crippen molar-refractivity contribution < 1.29 is 9.63 Å². The number of nitrogens with one attached hydrogen (secondary N) is 1. The van der Waals surface area contributed by atoms with Crippen LogP contribution in [-0.4, -0.2) is 18.2 Å². The lowest BCUT2D eigenvalue weighted by Gasteiger charge is -2.09. The molecular formula is C19H18BrN3O2S. The SMILES string of the molecule is C/C(=N\OCC(=O)Nc1sc2c(c1C#N)CCCC2)c1ccc(Br)cc1. The zero-order chi connectivity index (χ0) is 18.5. The average Bonchev–Trinajstić information content (AvgIpc) is 2.99. The Hall–Kier alpha value is -2.17. The van der Waals surface area contributed by atoms with Crippen molar-refractivity contribution in [3.8, 4) is 6.07 Å². The van der Waals surface area contributed by atoms with Crippen molar-refractivity contribution in [3.63, 3.8) is 0 Å². The zero-order valence-corrected chi connectivity index (χ0v) is 16.7. The van der Waals surface area contributed by atoms with Gasteiger partial charge in [-0.15, -0.1) is 11.3 Å². The second kappa shape index (κ2) is 8.47. The van der Waals surface area contributed by atoms with Gasteiger partial charge in [0.25, 0.3) is 5.91 Å². The molecule has 1 aromatic carbocycles. The first kappa shape index (κ1) is 18.6. The van der Waals surface area contributed by atoms with Gasteiger partial charge >= 0.3 is 0 Å². The molecule has 3 rings (SSSR count). The highest BCUT2D eigenvalue weighted by Crippen LogP contribution is 2.37. The predicted octanol–water partition coefficient (Wildman–Crippen LogP) is 4.64. The summed E-state index contributed by atoms with van der Waals surface area (Å²) in [6.07, 6.45) is 4.13. The van der Waals surface area contributed by atoms with Crippen LogP contribution in [0.2, 0.25) is 0 Å². The van der Waals surface area contributed by atoms with Crippen molar-refractivity contribution in [2.75, 3.05) is 11.9 Å². The fourth-order valence-corrected chi connectivity index (χ4v) is 4.39. The number of oxime groups is 1. The third-order valence-electron chi connectivity index (χ3n) is 4.20. The number of nitriles is 1. The lowest BCUT2D eigenvalue weighted by atomic mass is 9.96. The summed E-state index contributed by atoms with van der Waals surface area (Å²) in [4.78, 5) is 18.5. The van der Waals surface area contributed by atoms with E-state index >= 15 is 0 Å². The number of thiophene rings is 1. The minimum atomic E-state index is -0.313. The molecule has 0 saturated carbocycles. The summed E-state index contributed by atoms with van der Waals surface area (Å²) in [5.74, 6) is -0.313. The molecule has 1 heterocycles. The highest BCUT2D eigenvalue weighted by atomic mass is 79.9. The van der Waals surface area contributed by atoms with Crippen LogP contribution in [0.5, 0.6) is 0 Å². The van der Waals surface area contributed by atoms with E-state index in [1.165, 1.54) is 16.2 Å². The quantitative estimate of drug-likeness (QED) is 0.553. The summed E-state index contributed by atoms with van der Waals surface area (Å²) >= 11 is 4.89. The highest BCUT2D eigenvalue weighted by molar-refractivity contribution is 9.10. The largest absolute Gasteiger partial charge is 0.385 e. The molecule has 1 amide bonds. The van der Waals surface area contributed by atoms with E-state index in [9.17, 15) is 10.1 Å². The van der Waals surface area contributed by atoms with Gasteiger partial charge in [0.15, 0.2) is 6.61 Å². The Morgan fingerprint density at radius 3 is 2.81 bits per heavy atom. The monoisotopic (exact) mass is 431 g/mol. The summed E-state index contributed by atoms with van der Waals surface area (Å²) in [7, 11) is 0. The second-order valence-electron chi connectivity index (χ2n) is 6.03. The van der Waals surface area contributed by atoms with Crippen LogP contribution < -0.4 is 5.32 Å². The van der Waals surface area contributed by atoms with Crippen LogP contribution in [-0.2, 0) is 22.5 Å². The van der Waals surface area contributed by atoms with E-state index in [2.05, 4.69) is 32.5 Å². The van der Waals surface area contributed by atoms with E-state index in [4.69, 9.17) is 4.84 Å². The van der Waals surface area contributed by atoms with E-state index in [1.807, 2.05) is 31.2 Å². The lowest BCUT2D eigenvalue weighted by molar-refractivity contribution is -0.120.